The molecule has 0 amide bonds. The number of ether oxygens (including phenoxy) is 1. The number of hydrogen-bond acceptors (Lipinski definition) is 1. The van der Waals surface area contributed by atoms with Gasteiger partial charge in [-0.2, -0.15) is 4.39 Å². The topological polar surface area (TPSA) is 9.23 Å². The van der Waals surface area contributed by atoms with Gasteiger partial charge in [0.2, 0.25) is 5.82 Å². The highest BCUT2D eigenvalue weighted by Crippen LogP contribution is 2.32. The Hall–Kier alpha value is -2.30. The van der Waals surface area contributed by atoms with Crippen LogP contribution in [0.25, 0.3) is 11.1 Å². The fraction of sp³-hybridized carbons (Fsp3) is 0.125. The average Bonchev–Trinajstić information content (AvgIpc) is 2.47. The molecule has 0 atom stereocenters. The van der Waals surface area contributed by atoms with Crippen molar-refractivity contribution >= 4 is 0 Å². The second kappa shape index (κ2) is 5.99. The van der Waals surface area contributed by atoms with Gasteiger partial charge in [-0.3, -0.25) is 0 Å². The van der Waals surface area contributed by atoms with Gasteiger partial charge < -0.3 is 4.74 Å². The first-order valence-corrected chi connectivity index (χ1v) is 6.18. The molecule has 0 bridgehead atoms. The molecule has 0 aliphatic heterocycles. The predicted molar refractivity (Wildman–Crippen MR) is 71.9 cm³/mol. The van der Waals surface area contributed by atoms with Crippen LogP contribution >= 0.6 is 0 Å². The van der Waals surface area contributed by atoms with Crippen molar-refractivity contribution in [1.82, 2.24) is 0 Å². The Morgan fingerprint density at radius 3 is 2.00 bits per heavy atom. The first-order valence-electron chi connectivity index (χ1n) is 6.18. The molecule has 0 aromatic heterocycles. The van der Waals surface area contributed by atoms with E-state index < -0.39 is 23.3 Å². The molecule has 0 spiro atoms. The van der Waals surface area contributed by atoms with Crippen molar-refractivity contribution in [2.24, 2.45) is 0 Å². The van der Waals surface area contributed by atoms with Crippen LogP contribution in [0.5, 0.6) is 5.75 Å². The minimum absolute atomic E-state index is 0.0881. The Bertz CT molecular complexity index is 708. The average molecular weight is 296 g/mol. The standard InChI is InChI=1S/C16H12F4O/c1-3-8-21-12-7-6-11(15(19)16(12)20)10-5-4-9(2)13(17)14(10)18/h3-8H,1-2H3/b8-3+. The molecular formula is C16H12F4O. The van der Waals surface area contributed by atoms with Gasteiger partial charge in [0.05, 0.1) is 6.26 Å². The van der Waals surface area contributed by atoms with Crippen molar-refractivity contribution in [3.05, 3.63) is 65.4 Å². The molecule has 2 aromatic rings. The normalized spacial score (nSPS) is 11.1. The zero-order valence-corrected chi connectivity index (χ0v) is 11.4. The van der Waals surface area contributed by atoms with E-state index in [-0.39, 0.29) is 22.4 Å². The van der Waals surface area contributed by atoms with E-state index in [4.69, 9.17) is 4.74 Å². The van der Waals surface area contributed by atoms with E-state index in [1.165, 1.54) is 31.4 Å². The molecule has 0 aliphatic carbocycles. The van der Waals surface area contributed by atoms with Crippen LogP contribution in [0.3, 0.4) is 0 Å². The Kier molecular flexibility index (Phi) is 4.31. The summed E-state index contributed by atoms with van der Waals surface area (Å²) in [5, 5.41) is 0. The number of allylic oxidation sites excluding steroid dienone is 1. The third-order valence-electron chi connectivity index (χ3n) is 2.94. The van der Waals surface area contributed by atoms with E-state index in [0.717, 1.165) is 12.1 Å². The maximum atomic E-state index is 14.0. The molecule has 0 unspecified atom stereocenters. The molecule has 0 aliphatic rings. The summed E-state index contributed by atoms with van der Waals surface area (Å²) in [6, 6.07) is 4.81. The minimum atomic E-state index is -1.29. The smallest absolute Gasteiger partial charge is 0.201 e. The van der Waals surface area contributed by atoms with E-state index in [0.29, 0.717) is 0 Å². The molecule has 110 valence electrons. The van der Waals surface area contributed by atoms with Gasteiger partial charge in [-0.15, -0.1) is 0 Å². The first kappa shape index (κ1) is 15.1. The molecule has 0 heterocycles. The zero-order chi connectivity index (χ0) is 15.6. The molecule has 1 nitrogen and oxygen atoms in total. The maximum absolute atomic E-state index is 14.0. The van der Waals surface area contributed by atoms with Crippen LogP contribution in [0.1, 0.15) is 12.5 Å². The fourth-order valence-corrected chi connectivity index (χ4v) is 1.83. The van der Waals surface area contributed by atoms with E-state index in [1.54, 1.807) is 6.92 Å². The zero-order valence-electron chi connectivity index (χ0n) is 11.4. The summed E-state index contributed by atoms with van der Waals surface area (Å²) < 4.78 is 60.1. The van der Waals surface area contributed by atoms with E-state index in [2.05, 4.69) is 0 Å². The van der Waals surface area contributed by atoms with Crippen molar-refractivity contribution in [2.45, 2.75) is 13.8 Å². The van der Waals surface area contributed by atoms with Crippen LogP contribution in [0, 0.1) is 30.2 Å². The van der Waals surface area contributed by atoms with Gasteiger partial charge in [-0.1, -0.05) is 18.2 Å². The molecular weight excluding hydrogens is 284 g/mol. The van der Waals surface area contributed by atoms with Crippen molar-refractivity contribution in [2.75, 3.05) is 0 Å². The highest BCUT2D eigenvalue weighted by Gasteiger charge is 2.20. The van der Waals surface area contributed by atoms with Crippen LogP contribution in [0.15, 0.2) is 36.6 Å². The van der Waals surface area contributed by atoms with Crippen molar-refractivity contribution in [3.8, 4) is 16.9 Å². The van der Waals surface area contributed by atoms with Crippen LogP contribution in [-0.2, 0) is 0 Å². The lowest BCUT2D eigenvalue weighted by molar-refractivity contribution is 0.415. The van der Waals surface area contributed by atoms with Crippen molar-refractivity contribution < 1.29 is 22.3 Å². The lowest BCUT2D eigenvalue weighted by Gasteiger charge is -2.10. The molecule has 2 rings (SSSR count). The summed E-state index contributed by atoms with van der Waals surface area (Å²) in [5.41, 5.74) is -0.617. The number of rotatable bonds is 3. The third-order valence-corrected chi connectivity index (χ3v) is 2.94. The quantitative estimate of drug-likeness (QED) is 0.563. The summed E-state index contributed by atoms with van der Waals surface area (Å²) in [6.07, 6.45) is 2.68. The molecule has 0 saturated carbocycles. The number of aryl methyl sites for hydroxylation is 1. The summed E-state index contributed by atoms with van der Waals surface area (Å²) >= 11 is 0. The predicted octanol–water partition coefficient (Wildman–Crippen LogP) is 5.13. The molecule has 5 heteroatoms. The monoisotopic (exact) mass is 296 g/mol. The van der Waals surface area contributed by atoms with Crippen molar-refractivity contribution in [3.63, 3.8) is 0 Å². The van der Waals surface area contributed by atoms with Gasteiger partial charge in [-0.25, -0.2) is 13.2 Å². The van der Waals surface area contributed by atoms with E-state index in [9.17, 15) is 17.6 Å². The summed E-state index contributed by atoms with van der Waals surface area (Å²) in [6.45, 7) is 3.03. The first-order chi connectivity index (χ1) is 9.97. The second-order valence-electron chi connectivity index (χ2n) is 4.38. The number of benzene rings is 2. The Morgan fingerprint density at radius 2 is 1.38 bits per heavy atom. The molecule has 0 fully saturated rings. The van der Waals surface area contributed by atoms with Gasteiger partial charge >= 0.3 is 0 Å². The van der Waals surface area contributed by atoms with Crippen LogP contribution in [0.2, 0.25) is 0 Å². The highest BCUT2D eigenvalue weighted by atomic mass is 19.2. The van der Waals surface area contributed by atoms with Gasteiger partial charge in [-0.05, 0) is 31.5 Å². The van der Waals surface area contributed by atoms with Crippen molar-refractivity contribution in [1.29, 1.82) is 0 Å². The number of halogens is 4. The van der Waals surface area contributed by atoms with E-state index in [1.807, 2.05) is 0 Å². The SMILES string of the molecule is C/C=C/Oc1ccc(-c2ccc(C)c(F)c2F)c(F)c1F. The summed E-state index contributed by atoms with van der Waals surface area (Å²) in [5.74, 6) is -5.18. The Balaban J connectivity index is 2.56. The largest absolute Gasteiger partial charge is 0.462 e. The number of hydrogen-bond donors (Lipinski definition) is 0. The summed E-state index contributed by atoms with van der Waals surface area (Å²) in [4.78, 5) is 0. The lowest BCUT2D eigenvalue weighted by atomic mass is 10.0. The third kappa shape index (κ3) is 2.77. The minimum Gasteiger partial charge on any atom is -0.462 e. The molecule has 21 heavy (non-hydrogen) atoms. The Morgan fingerprint density at radius 1 is 0.810 bits per heavy atom. The van der Waals surface area contributed by atoms with E-state index >= 15 is 0 Å². The van der Waals surface area contributed by atoms with Crippen LogP contribution in [-0.4, -0.2) is 0 Å². The van der Waals surface area contributed by atoms with Gasteiger partial charge in [0, 0.05) is 11.1 Å². The lowest BCUT2D eigenvalue weighted by Crippen LogP contribution is -1.98. The molecule has 0 N–H and O–H groups in total. The summed E-state index contributed by atoms with van der Waals surface area (Å²) in [7, 11) is 0. The maximum Gasteiger partial charge on any atom is 0.201 e. The molecule has 0 radical (unpaired) electrons. The van der Waals surface area contributed by atoms with Crippen LogP contribution in [0.4, 0.5) is 17.6 Å². The Labute approximate surface area is 119 Å². The highest BCUT2D eigenvalue weighted by molar-refractivity contribution is 5.66. The van der Waals surface area contributed by atoms with Crippen LogP contribution < -0.4 is 4.74 Å². The molecule has 2 aromatic carbocycles. The molecule has 0 saturated heterocycles. The second-order valence-corrected chi connectivity index (χ2v) is 4.38. The van der Waals surface area contributed by atoms with Gasteiger partial charge in [0.1, 0.15) is 0 Å². The van der Waals surface area contributed by atoms with Gasteiger partial charge in [0.15, 0.2) is 23.2 Å². The van der Waals surface area contributed by atoms with Gasteiger partial charge in [0.25, 0.3) is 0 Å². The fourth-order valence-electron chi connectivity index (χ4n) is 1.83.